The van der Waals surface area contributed by atoms with Crippen LogP contribution in [0.15, 0.2) is 60.8 Å². The number of aromatic nitrogens is 3. The van der Waals surface area contributed by atoms with Gasteiger partial charge in [-0.2, -0.15) is 0 Å². The number of ether oxygens (including phenoxy) is 1. The Kier molecular flexibility index (Phi) is 2.60. The molecule has 0 radical (unpaired) electrons. The molecule has 0 unspecified atom stereocenters. The number of rotatable bonds is 2. The molecule has 4 heteroatoms. The highest BCUT2D eigenvalue weighted by Crippen LogP contribution is 2.26. The van der Waals surface area contributed by atoms with Crippen molar-refractivity contribution in [1.29, 1.82) is 0 Å². The maximum Gasteiger partial charge on any atom is 0.235 e. The predicted octanol–water partition coefficient (Wildman–Crippen LogP) is 3.56. The molecule has 2 aromatic heterocycles. The van der Waals surface area contributed by atoms with E-state index in [4.69, 9.17) is 4.74 Å². The molecule has 0 aliphatic carbocycles. The van der Waals surface area contributed by atoms with Gasteiger partial charge >= 0.3 is 0 Å². The average molecular weight is 275 g/mol. The maximum absolute atomic E-state index is 5.32. The van der Waals surface area contributed by atoms with Gasteiger partial charge in [0.15, 0.2) is 0 Å². The van der Waals surface area contributed by atoms with Crippen LogP contribution < -0.4 is 4.74 Å². The molecular formula is C17H13N3O. The number of hydrogen-bond donors (Lipinski definition) is 0. The first-order chi connectivity index (χ1) is 10.4. The average Bonchev–Trinajstić information content (AvgIpc) is 2.93. The molecule has 0 aliphatic rings. The van der Waals surface area contributed by atoms with Crippen LogP contribution in [0, 0.1) is 0 Å². The summed E-state index contributed by atoms with van der Waals surface area (Å²) >= 11 is 0. The number of hydrogen-bond acceptors (Lipinski definition) is 3. The number of methoxy groups -OCH3 is 1. The highest BCUT2D eigenvalue weighted by molar-refractivity contribution is 5.82. The fraction of sp³-hybridized carbons (Fsp3) is 0.0588. The molecule has 2 heterocycles. The summed E-state index contributed by atoms with van der Waals surface area (Å²) in [4.78, 5) is 8.93. The van der Waals surface area contributed by atoms with E-state index < -0.39 is 0 Å². The third-order valence-corrected chi connectivity index (χ3v) is 3.57. The fourth-order valence-electron chi connectivity index (χ4n) is 2.59. The van der Waals surface area contributed by atoms with Gasteiger partial charge in [-0.05, 0) is 30.3 Å². The molecule has 0 saturated heterocycles. The molecule has 21 heavy (non-hydrogen) atoms. The van der Waals surface area contributed by atoms with Gasteiger partial charge in [-0.25, -0.2) is 9.97 Å². The summed E-state index contributed by atoms with van der Waals surface area (Å²) in [5.74, 6) is 1.54. The van der Waals surface area contributed by atoms with Crippen molar-refractivity contribution in [2.75, 3.05) is 7.11 Å². The van der Waals surface area contributed by atoms with Crippen molar-refractivity contribution in [2.24, 2.45) is 0 Å². The second-order valence-electron chi connectivity index (χ2n) is 4.80. The molecule has 0 N–H and O–H groups in total. The van der Waals surface area contributed by atoms with E-state index in [0.29, 0.717) is 5.78 Å². The second kappa shape index (κ2) is 4.59. The van der Waals surface area contributed by atoms with Crippen LogP contribution in [0.1, 0.15) is 0 Å². The van der Waals surface area contributed by atoms with Crippen molar-refractivity contribution in [3.05, 3.63) is 60.8 Å². The Morgan fingerprint density at radius 2 is 1.90 bits per heavy atom. The number of nitrogens with zero attached hydrogens (tertiary/aromatic N) is 3. The van der Waals surface area contributed by atoms with E-state index in [1.807, 2.05) is 42.5 Å². The van der Waals surface area contributed by atoms with Crippen molar-refractivity contribution in [1.82, 2.24) is 14.4 Å². The summed E-state index contributed by atoms with van der Waals surface area (Å²) in [5.41, 5.74) is 4.12. The van der Waals surface area contributed by atoms with E-state index in [1.54, 1.807) is 13.3 Å². The minimum absolute atomic E-state index is 0.705. The third kappa shape index (κ3) is 1.84. The quantitative estimate of drug-likeness (QED) is 0.561. The Labute approximate surface area is 121 Å². The Hall–Kier alpha value is -2.88. The second-order valence-corrected chi connectivity index (χ2v) is 4.80. The van der Waals surface area contributed by atoms with Crippen LogP contribution in [0.4, 0.5) is 0 Å². The van der Waals surface area contributed by atoms with Crippen molar-refractivity contribution >= 4 is 16.8 Å². The lowest BCUT2D eigenvalue weighted by atomic mass is 10.1. The molecule has 0 spiro atoms. The Morgan fingerprint density at radius 3 is 2.81 bits per heavy atom. The summed E-state index contributed by atoms with van der Waals surface area (Å²) in [5, 5.41) is 0. The number of para-hydroxylation sites is 2. The minimum atomic E-state index is 0.705. The molecule has 0 bridgehead atoms. The minimum Gasteiger partial charge on any atom is -0.497 e. The summed E-state index contributed by atoms with van der Waals surface area (Å²) in [6.45, 7) is 0. The van der Waals surface area contributed by atoms with Crippen LogP contribution in [0.2, 0.25) is 0 Å². The molecular weight excluding hydrogens is 262 g/mol. The predicted molar refractivity (Wildman–Crippen MR) is 82.5 cm³/mol. The zero-order chi connectivity index (χ0) is 14.2. The van der Waals surface area contributed by atoms with Crippen LogP contribution >= 0.6 is 0 Å². The van der Waals surface area contributed by atoms with Gasteiger partial charge in [0.2, 0.25) is 5.78 Å². The van der Waals surface area contributed by atoms with Gasteiger partial charge in [-0.15, -0.1) is 0 Å². The van der Waals surface area contributed by atoms with E-state index in [0.717, 1.165) is 28.0 Å². The standard InChI is InChI=1S/C17H13N3O/c1-21-13-6-4-5-12(11-13)15-9-10-18-17-19-14-7-2-3-8-16(14)20(15)17/h2-11H,1H3. The monoisotopic (exact) mass is 275 g/mol. The molecule has 4 rings (SSSR count). The molecule has 0 saturated carbocycles. The highest BCUT2D eigenvalue weighted by atomic mass is 16.5. The first-order valence-corrected chi connectivity index (χ1v) is 6.73. The summed E-state index contributed by atoms with van der Waals surface area (Å²) in [6.07, 6.45) is 1.79. The Morgan fingerprint density at radius 1 is 1.00 bits per heavy atom. The van der Waals surface area contributed by atoms with E-state index >= 15 is 0 Å². The van der Waals surface area contributed by atoms with Gasteiger partial charge in [-0.1, -0.05) is 24.3 Å². The van der Waals surface area contributed by atoms with Gasteiger partial charge in [-0.3, -0.25) is 4.40 Å². The van der Waals surface area contributed by atoms with E-state index in [-0.39, 0.29) is 0 Å². The lowest BCUT2D eigenvalue weighted by Gasteiger charge is -2.07. The number of fused-ring (bicyclic) bond motifs is 3. The lowest BCUT2D eigenvalue weighted by Crippen LogP contribution is -1.94. The van der Waals surface area contributed by atoms with Gasteiger partial charge in [0.25, 0.3) is 0 Å². The molecule has 0 amide bonds. The van der Waals surface area contributed by atoms with Crippen LogP contribution in [0.3, 0.4) is 0 Å². The van der Waals surface area contributed by atoms with E-state index in [1.165, 1.54) is 0 Å². The normalized spacial score (nSPS) is 11.1. The van der Waals surface area contributed by atoms with Crippen molar-refractivity contribution in [3.63, 3.8) is 0 Å². The zero-order valence-corrected chi connectivity index (χ0v) is 11.5. The molecule has 4 aromatic rings. The zero-order valence-electron chi connectivity index (χ0n) is 11.5. The number of imidazole rings is 1. The van der Waals surface area contributed by atoms with Gasteiger partial charge < -0.3 is 4.74 Å². The lowest BCUT2D eigenvalue weighted by molar-refractivity contribution is 0.415. The largest absolute Gasteiger partial charge is 0.497 e. The highest BCUT2D eigenvalue weighted by Gasteiger charge is 2.10. The topological polar surface area (TPSA) is 39.4 Å². The van der Waals surface area contributed by atoms with Crippen LogP contribution in [0.25, 0.3) is 28.1 Å². The SMILES string of the molecule is COc1cccc(-c2ccnc3nc4ccccc4n23)c1. The van der Waals surface area contributed by atoms with Crippen molar-refractivity contribution in [2.45, 2.75) is 0 Å². The molecule has 0 fully saturated rings. The van der Waals surface area contributed by atoms with Crippen LogP contribution in [0.5, 0.6) is 5.75 Å². The molecule has 0 atom stereocenters. The molecule has 0 aliphatic heterocycles. The van der Waals surface area contributed by atoms with Crippen molar-refractivity contribution < 1.29 is 4.74 Å². The van der Waals surface area contributed by atoms with Gasteiger partial charge in [0.05, 0.1) is 23.8 Å². The Balaban J connectivity index is 2.08. The first-order valence-electron chi connectivity index (χ1n) is 6.73. The van der Waals surface area contributed by atoms with Crippen molar-refractivity contribution in [3.8, 4) is 17.0 Å². The Bertz CT molecular complexity index is 943. The summed E-state index contributed by atoms with van der Waals surface area (Å²) in [6, 6.07) is 18.1. The van der Waals surface area contributed by atoms with Gasteiger partial charge in [0.1, 0.15) is 5.75 Å². The first kappa shape index (κ1) is 11.9. The van der Waals surface area contributed by atoms with Crippen LogP contribution in [-0.4, -0.2) is 21.5 Å². The molecule has 102 valence electrons. The smallest absolute Gasteiger partial charge is 0.235 e. The van der Waals surface area contributed by atoms with Gasteiger partial charge in [0, 0.05) is 11.8 Å². The third-order valence-electron chi connectivity index (χ3n) is 3.57. The fourth-order valence-corrected chi connectivity index (χ4v) is 2.59. The van der Waals surface area contributed by atoms with E-state index in [2.05, 4.69) is 26.5 Å². The maximum atomic E-state index is 5.32. The molecule has 4 nitrogen and oxygen atoms in total. The number of benzene rings is 2. The van der Waals surface area contributed by atoms with Crippen LogP contribution in [-0.2, 0) is 0 Å². The summed E-state index contributed by atoms with van der Waals surface area (Å²) < 4.78 is 7.39. The summed E-state index contributed by atoms with van der Waals surface area (Å²) in [7, 11) is 1.67. The molecule has 2 aromatic carbocycles. The van der Waals surface area contributed by atoms with E-state index in [9.17, 15) is 0 Å².